The SMILES string of the molecule is COc1cc(CNS(=O)(=O)CCCCl)c(-c2cccnc2OC)cc1C(C)(C)C. The molecule has 1 aromatic heterocycles. The average Bonchev–Trinajstić information content (AvgIpc) is 2.69. The molecule has 2 rings (SSSR count). The number of hydrogen-bond donors (Lipinski definition) is 1. The van der Waals surface area contributed by atoms with Crippen LogP contribution >= 0.6 is 11.6 Å². The van der Waals surface area contributed by atoms with Gasteiger partial charge in [-0.2, -0.15) is 0 Å². The highest BCUT2D eigenvalue weighted by Crippen LogP contribution is 2.39. The van der Waals surface area contributed by atoms with Crippen LogP contribution in [0.3, 0.4) is 0 Å². The molecule has 1 aromatic carbocycles. The maximum absolute atomic E-state index is 12.3. The van der Waals surface area contributed by atoms with Crippen LogP contribution in [0.5, 0.6) is 11.6 Å². The Morgan fingerprint density at radius 3 is 2.45 bits per heavy atom. The van der Waals surface area contributed by atoms with E-state index in [0.29, 0.717) is 23.9 Å². The van der Waals surface area contributed by atoms with Crippen molar-refractivity contribution in [1.82, 2.24) is 9.71 Å². The van der Waals surface area contributed by atoms with Crippen LogP contribution in [0.25, 0.3) is 11.1 Å². The van der Waals surface area contributed by atoms with Crippen molar-refractivity contribution >= 4 is 21.6 Å². The summed E-state index contributed by atoms with van der Waals surface area (Å²) in [4.78, 5) is 4.29. The van der Waals surface area contributed by atoms with Crippen LogP contribution in [0.2, 0.25) is 0 Å². The fourth-order valence-corrected chi connectivity index (χ4v) is 4.37. The molecule has 0 bridgehead atoms. The van der Waals surface area contributed by atoms with E-state index >= 15 is 0 Å². The van der Waals surface area contributed by atoms with Crippen molar-refractivity contribution in [3.8, 4) is 22.8 Å². The summed E-state index contributed by atoms with van der Waals surface area (Å²) < 4.78 is 38.3. The topological polar surface area (TPSA) is 77.5 Å². The molecule has 0 saturated carbocycles. The van der Waals surface area contributed by atoms with E-state index in [2.05, 4.69) is 30.5 Å². The third kappa shape index (κ3) is 6.07. The van der Waals surface area contributed by atoms with Gasteiger partial charge in [-0.05, 0) is 47.2 Å². The quantitative estimate of drug-likeness (QED) is 0.593. The summed E-state index contributed by atoms with van der Waals surface area (Å²) >= 11 is 5.63. The standard InChI is InChI=1S/C21H29ClN2O4S/c1-21(2,3)18-13-17(16-8-6-10-23-20(16)28-5)15(12-19(18)27-4)14-24-29(25,26)11-7-9-22/h6,8,10,12-13,24H,7,9,11,14H2,1-5H3. The molecule has 0 spiro atoms. The third-order valence-corrected chi connectivity index (χ3v) is 6.19. The fourth-order valence-electron chi connectivity index (χ4n) is 3.04. The second-order valence-electron chi connectivity index (χ2n) is 7.70. The molecule has 29 heavy (non-hydrogen) atoms. The fraction of sp³-hybridized carbons (Fsp3) is 0.476. The summed E-state index contributed by atoms with van der Waals surface area (Å²) in [6.45, 7) is 6.43. The number of alkyl halides is 1. The van der Waals surface area contributed by atoms with E-state index in [0.717, 1.165) is 22.3 Å². The van der Waals surface area contributed by atoms with Crippen molar-refractivity contribution in [3.63, 3.8) is 0 Å². The number of rotatable bonds is 9. The molecule has 1 heterocycles. The number of aromatic nitrogens is 1. The number of sulfonamides is 1. The summed E-state index contributed by atoms with van der Waals surface area (Å²) in [5, 5.41) is 0. The highest BCUT2D eigenvalue weighted by molar-refractivity contribution is 7.89. The van der Waals surface area contributed by atoms with Gasteiger partial charge >= 0.3 is 0 Å². The molecule has 0 unspecified atom stereocenters. The Hall–Kier alpha value is -1.83. The van der Waals surface area contributed by atoms with E-state index in [1.807, 2.05) is 24.3 Å². The average molecular weight is 441 g/mol. The third-order valence-electron chi connectivity index (χ3n) is 4.52. The van der Waals surface area contributed by atoms with E-state index in [1.165, 1.54) is 0 Å². The molecule has 6 nitrogen and oxygen atoms in total. The van der Waals surface area contributed by atoms with Crippen molar-refractivity contribution < 1.29 is 17.9 Å². The van der Waals surface area contributed by atoms with Crippen LogP contribution in [-0.4, -0.2) is 39.3 Å². The molecule has 0 aliphatic rings. The largest absolute Gasteiger partial charge is 0.496 e. The van der Waals surface area contributed by atoms with Gasteiger partial charge < -0.3 is 9.47 Å². The summed E-state index contributed by atoms with van der Waals surface area (Å²) in [5.41, 5.74) is 3.25. The number of hydrogen-bond acceptors (Lipinski definition) is 5. The summed E-state index contributed by atoms with van der Waals surface area (Å²) in [6, 6.07) is 7.64. The zero-order chi connectivity index (χ0) is 21.7. The number of methoxy groups -OCH3 is 2. The molecule has 160 valence electrons. The lowest BCUT2D eigenvalue weighted by Gasteiger charge is -2.25. The monoisotopic (exact) mass is 440 g/mol. The van der Waals surface area contributed by atoms with Gasteiger partial charge in [-0.25, -0.2) is 18.1 Å². The van der Waals surface area contributed by atoms with Crippen molar-refractivity contribution in [2.45, 2.75) is 39.2 Å². The molecule has 0 aliphatic heterocycles. The lowest BCUT2D eigenvalue weighted by Crippen LogP contribution is -2.26. The van der Waals surface area contributed by atoms with Crippen LogP contribution in [0.4, 0.5) is 0 Å². The first-order chi connectivity index (χ1) is 13.6. The normalized spacial score (nSPS) is 12.1. The van der Waals surface area contributed by atoms with Gasteiger partial charge in [-0.1, -0.05) is 20.8 Å². The first kappa shape index (κ1) is 23.4. The van der Waals surface area contributed by atoms with E-state index < -0.39 is 10.0 Å². The molecular weight excluding hydrogens is 412 g/mol. The van der Waals surface area contributed by atoms with Gasteiger partial charge in [0.15, 0.2) is 0 Å². The van der Waals surface area contributed by atoms with Crippen molar-refractivity contribution in [1.29, 1.82) is 0 Å². The van der Waals surface area contributed by atoms with Gasteiger partial charge in [0.05, 0.1) is 20.0 Å². The highest BCUT2D eigenvalue weighted by atomic mass is 35.5. The Balaban J connectivity index is 2.59. The lowest BCUT2D eigenvalue weighted by molar-refractivity contribution is 0.396. The molecule has 1 N–H and O–H groups in total. The minimum Gasteiger partial charge on any atom is -0.496 e. The summed E-state index contributed by atoms with van der Waals surface area (Å²) in [6.07, 6.45) is 2.05. The Morgan fingerprint density at radius 2 is 1.86 bits per heavy atom. The van der Waals surface area contributed by atoms with Crippen molar-refractivity contribution in [2.24, 2.45) is 0 Å². The van der Waals surface area contributed by atoms with E-state index in [1.54, 1.807) is 20.4 Å². The summed E-state index contributed by atoms with van der Waals surface area (Å²) in [7, 11) is -0.258. The Labute approximate surface area is 178 Å². The smallest absolute Gasteiger partial charge is 0.221 e. The minimum absolute atomic E-state index is 0.0146. The predicted octanol–water partition coefficient (Wildman–Crippen LogP) is 4.11. The predicted molar refractivity (Wildman–Crippen MR) is 117 cm³/mol. The second-order valence-corrected chi connectivity index (χ2v) is 10.0. The Kier molecular flexibility index (Phi) is 7.91. The van der Waals surface area contributed by atoms with Crippen LogP contribution in [0, 0.1) is 0 Å². The van der Waals surface area contributed by atoms with Crippen LogP contribution in [0.1, 0.15) is 38.3 Å². The summed E-state index contributed by atoms with van der Waals surface area (Å²) in [5.74, 6) is 1.47. The first-order valence-corrected chi connectivity index (χ1v) is 11.6. The molecule has 8 heteroatoms. The number of ether oxygens (including phenoxy) is 2. The van der Waals surface area contributed by atoms with E-state index in [4.69, 9.17) is 21.1 Å². The molecule has 0 atom stereocenters. The number of halogens is 1. The molecule has 0 amide bonds. The zero-order valence-electron chi connectivity index (χ0n) is 17.6. The maximum atomic E-state index is 12.3. The van der Waals surface area contributed by atoms with Gasteiger partial charge in [-0.3, -0.25) is 0 Å². The molecular formula is C21H29ClN2O4S. The van der Waals surface area contributed by atoms with Crippen LogP contribution in [0.15, 0.2) is 30.5 Å². The highest BCUT2D eigenvalue weighted by Gasteiger charge is 2.23. The Bertz CT molecular complexity index is 940. The minimum atomic E-state index is -3.44. The van der Waals surface area contributed by atoms with Crippen molar-refractivity contribution in [2.75, 3.05) is 25.9 Å². The molecule has 0 radical (unpaired) electrons. The molecule has 0 fully saturated rings. The van der Waals surface area contributed by atoms with Gasteiger partial charge in [0, 0.05) is 29.7 Å². The number of benzene rings is 1. The molecule has 0 saturated heterocycles. The van der Waals surface area contributed by atoms with Crippen LogP contribution in [-0.2, 0) is 22.0 Å². The van der Waals surface area contributed by atoms with Gasteiger partial charge in [0.25, 0.3) is 0 Å². The Morgan fingerprint density at radius 1 is 1.14 bits per heavy atom. The van der Waals surface area contributed by atoms with Gasteiger partial charge in [0.1, 0.15) is 5.75 Å². The van der Waals surface area contributed by atoms with Gasteiger partial charge in [-0.15, -0.1) is 11.6 Å². The molecule has 2 aromatic rings. The lowest BCUT2D eigenvalue weighted by atomic mass is 9.83. The van der Waals surface area contributed by atoms with E-state index in [-0.39, 0.29) is 17.7 Å². The van der Waals surface area contributed by atoms with Gasteiger partial charge in [0.2, 0.25) is 15.9 Å². The molecule has 0 aliphatic carbocycles. The van der Waals surface area contributed by atoms with E-state index in [9.17, 15) is 8.42 Å². The first-order valence-electron chi connectivity index (χ1n) is 9.37. The number of pyridine rings is 1. The van der Waals surface area contributed by atoms with Crippen LogP contribution < -0.4 is 14.2 Å². The zero-order valence-corrected chi connectivity index (χ0v) is 19.2. The second kappa shape index (κ2) is 9.78. The number of nitrogens with one attached hydrogen (secondary N) is 1. The number of nitrogens with zero attached hydrogens (tertiary/aromatic N) is 1. The van der Waals surface area contributed by atoms with Crippen molar-refractivity contribution in [3.05, 3.63) is 41.6 Å². The maximum Gasteiger partial charge on any atom is 0.221 e.